The summed E-state index contributed by atoms with van der Waals surface area (Å²) in [6.45, 7) is 9.56. The normalized spacial score (nSPS) is 27.2. The highest BCUT2D eigenvalue weighted by molar-refractivity contribution is 5.82. The third kappa shape index (κ3) is 5.50. The van der Waals surface area contributed by atoms with Gasteiger partial charge in [-0.15, -0.1) is 0 Å². The van der Waals surface area contributed by atoms with E-state index in [9.17, 15) is 9.59 Å². The average Bonchev–Trinajstić information content (AvgIpc) is 3.08. The molecule has 21 heavy (non-hydrogen) atoms. The van der Waals surface area contributed by atoms with Crippen LogP contribution in [0, 0.1) is 5.92 Å². The van der Waals surface area contributed by atoms with E-state index in [0.29, 0.717) is 6.61 Å². The van der Waals surface area contributed by atoms with Gasteiger partial charge in [0.25, 0.3) is 0 Å². The summed E-state index contributed by atoms with van der Waals surface area (Å²) in [4.78, 5) is 22.3. The van der Waals surface area contributed by atoms with Crippen LogP contribution in [0.25, 0.3) is 0 Å². The SMILES string of the molecule is CCOC(=O)/C=C/[C@]1(C)O[C@H]1[C@@H](C)C[C@@H](CC)OC(C)=O. The summed E-state index contributed by atoms with van der Waals surface area (Å²) in [5, 5.41) is 0. The van der Waals surface area contributed by atoms with Crippen molar-refractivity contribution in [2.45, 2.75) is 65.3 Å². The van der Waals surface area contributed by atoms with Crippen molar-refractivity contribution in [1.82, 2.24) is 0 Å². The summed E-state index contributed by atoms with van der Waals surface area (Å²) in [7, 11) is 0. The lowest BCUT2D eigenvalue weighted by atomic mass is 9.91. The lowest BCUT2D eigenvalue weighted by molar-refractivity contribution is -0.147. The van der Waals surface area contributed by atoms with Crippen LogP contribution in [0.4, 0.5) is 0 Å². The van der Waals surface area contributed by atoms with Crippen LogP contribution in [0.2, 0.25) is 0 Å². The Morgan fingerprint density at radius 3 is 2.57 bits per heavy atom. The van der Waals surface area contributed by atoms with Crippen LogP contribution in [-0.2, 0) is 23.8 Å². The van der Waals surface area contributed by atoms with Gasteiger partial charge < -0.3 is 14.2 Å². The zero-order valence-corrected chi connectivity index (χ0v) is 13.5. The Bertz CT molecular complexity index is 403. The smallest absolute Gasteiger partial charge is 0.330 e. The quantitative estimate of drug-likeness (QED) is 0.391. The fourth-order valence-corrected chi connectivity index (χ4v) is 2.55. The molecule has 0 unspecified atom stereocenters. The summed E-state index contributed by atoms with van der Waals surface area (Å²) in [6, 6.07) is 0. The van der Waals surface area contributed by atoms with Crippen molar-refractivity contribution in [2.24, 2.45) is 5.92 Å². The number of carbonyl (C=O) groups excluding carboxylic acids is 2. The van der Waals surface area contributed by atoms with Gasteiger partial charge in [-0.05, 0) is 38.7 Å². The first-order chi connectivity index (χ1) is 9.82. The molecule has 1 fully saturated rings. The second kappa shape index (κ2) is 7.59. The Labute approximate surface area is 126 Å². The molecule has 1 saturated heterocycles. The molecule has 4 atom stereocenters. The van der Waals surface area contributed by atoms with Crippen molar-refractivity contribution >= 4 is 11.9 Å². The summed E-state index contributed by atoms with van der Waals surface area (Å²) in [6.07, 6.45) is 4.65. The van der Waals surface area contributed by atoms with E-state index in [4.69, 9.17) is 14.2 Å². The number of carbonyl (C=O) groups is 2. The topological polar surface area (TPSA) is 65.1 Å². The Hall–Kier alpha value is -1.36. The van der Waals surface area contributed by atoms with Crippen molar-refractivity contribution < 1.29 is 23.8 Å². The largest absolute Gasteiger partial charge is 0.463 e. The standard InChI is InChI=1S/C16H26O5/c1-6-13(20-12(4)17)10-11(3)15-16(5,21-15)9-8-14(18)19-7-2/h8-9,11,13,15H,6-7,10H2,1-5H3/b9-8+/t11-,13+,15-,16-/m0/s1. The number of rotatable bonds is 8. The third-order valence-electron chi connectivity index (χ3n) is 3.67. The highest BCUT2D eigenvalue weighted by Crippen LogP contribution is 2.44. The van der Waals surface area contributed by atoms with E-state index < -0.39 is 5.60 Å². The molecule has 120 valence electrons. The molecule has 1 heterocycles. The van der Waals surface area contributed by atoms with Crippen molar-refractivity contribution in [3.8, 4) is 0 Å². The monoisotopic (exact) mass is 298 g/mol. The first-order valence-electron chi connectivity index (χ1n) is 7.53. The van der Waals surface area contributed by atoms with Crippen LogP contribution in [0.1, 0.15) is 47.5 Å². The Kier molecular flexibility index (Phi) is 6.40. The van der Waals surface area contributed by atoms with Crippen molar-refractivity contribution in [3.63, 3.8) is 0 Å². The van der Waals surface area contributed by atoms with E-state index in [1.807, 2.05) is 13.8 Å². The van der Waals surface area contributed by atoms with Gasteiger partial charge in [-0.1, -0.05) is 13.8 Å². The predicted molar refractivity (Wildman–Crippen MR) is 78.7 cm³/mol. The number of hydrogen-bond acceptors (Lipinski definition) is 5. The maximum Gasteiger partial charge on any atom is 0.330 e. The van der Waals surface area contributed by atoms with Crippen molar-refractivity contribution in [3.05, 3.63) is 12.2 Å². The third-order valence-corrected chi connectivity index (χ3v) is 3.67. The van der Waals surface area contributed by atoms with E-state index in [2.05, 4.69) is 6.92 Å². The second-order valence-corrected chi connectivity index (χ2v) is 5.66. The zero-order valence-electron chi connectivity index (χ0n) is 13.5. The number of epoxide rings is 1. The summed E-state index contributed by atoms with van der Waals surface area (Å²) < 4.78 is 15.8. The number of esters is 2. The molecule has 0 amide bonds. The highest BCUT2D eigenvalue weighted by atomic mass is 16.6. The van der Waals surface area contributed by atoms with E-state index in [1.54, 1.807) is 13.0 Å². The van der Waals surface area contributed by atoms with Gasteiger partial charge in [0.15, 0.2) is 0 Å². The van der Waals surface area contributed by atoms with Crippen LogP contribution in [0.15, 0.2) is 12.2 Å². The van der Waals surface area contributed by atoms with E-state index in [0.717, 1.165) is 12.8 Å². The van der Waals surface area contributed by atoms with Crippen molar-refractivity contribution in [2.75, 3.05) is 6.61 Å². The van der Waals surface area contributed by atoms with Gasteiger partial charge >= 0.3 is 11.9 Å². The summed E-state index contributed by atoms with van der Waals surface area (Å²) in [5.74, 6) is -0.367. The van der Waals surface area contributed by atoms with Gasteiger partial charge in [-0.3, -0.25) is 4.79 Å². The fourth-order valence-electron chi connectivity index (χ4n) is 2.55. The van der Waals surface area contributed by atoms with E-state index >= 15 is 0 Å². The Morgan fingerprint density at radius 2 is 2.05 bits per heavy atom. The molecular weight excluding hydrogens is 272 g/mol. The van der Waals surface area contributed by atoms with Gasteiger partial charge in [0, 0.05) is 13.0 Å². The molecule has 1 rings (SSSR count). The number of hydrogen-bond donors (Lipinski definition) is 0. The van der Waals surface area contributed by atoms with Gasteiger partial charge in [0.05, 0.1) is 12.7 Å². The van der Waals surface area contributed by atoms with Gasteiger partial charge in [-0.25, -0.2) is 4.79 Å². The van der Waals surface area contributed by atoms with Crippen LogP contribution in [-0.4, -0.2) is 36.4 Å². The summed E-state index contributed by atoms with van der Waals surface area (Å²) in [5.41, 5.74) is -0.430. The maximum atomic E-state index is 11.3. The molecule has 5 nitrogen and oxygen atoms in total. The fraction of sp³-hybridized carbons (Fsp3) is 0.750. The van der Waals surface area contributed by atoms with Gasteiger partial charge in [0.1, 0.15) is 11.7 Å². The van der Waals surface area contributed by atoms with Gasteiger partial charge in [0.2, 0.25) is 0 Å². The Morgan fingerprint density at radius 1 is 1.38 bits per heavy atom. The number of ether oxygens (including phenoxy) is 3. The maximum absolute atomic E-state index is 11.3. The molecule has 0 spiro atoms. The lowest BCUT2D eigenvalue weighted by Crippen LogP contribution is -2.23. The molecule has 0 radical (unpaired) electrons. The zero-order chi connectivity index (χ0) is 16.0. The molecule has 0 aromatic heterocycles. The molecule has 0 aromatic rings. The van der Waals surface area contributed by atoms with Crippen LogP contribution in [0.3, 0.4) is 0 Å². The lowest BCUT2D eigenvalue weighted by Gasteiger charge is -2.19. The minimum atomic E-state index is -0.430. The first kappa shape index (κ1) is 17.7. The molecule has 0 saturated carbocycles. The van der Waals surface area contributed by atoms with Gasteiger partial charge in [-0.2, -0.15) is 0 Å². The van der Waals surface area contributed by atoms with E-state index in [-0.39, 0.29) is 30.1 Å². The molecular formula is C16H26O5. The molecule has 0 aromatic carbocycles. The van der Waals surface area contributed by atoms with E-state index in [1.165, 1.54) is 13.0 Å². The molecule has 1 aliphatic rings. The van der Waals surface area contributed by atoms with Crippen LogP contribution < -0.4 is 0 Å². The van der Waals surface area contributed by atoms with Crippen LogP contribution >= 0.6 is 0 Å². The highest BCUT2D eigenvalue weighted by Gasteiger charge is 2.53. The predicted octanol–water partition coefficient (Wildman–Crippen LogP) is 2.63. The minimum Gasteiger partial charge on any atom is -0.463 e. The summed E-state index contributed by atoms with van der Waals surface area (Å²) >= 11 is 0. The van der Waals surface area contributed by atoms with Crippen molar-refractivity contribution in [1.29, 1.82) is 0 Å². The minimum absolute atomic E-state index is 0.0350. The molecule has 0 aliphatic carbocycles. The van der Waals surface area contributed by atoms with Crippen LogP contribution in [0.5, 0.6) is 0 Å². The molecule has 1 aliphatic heterocycles. The Balaban J connectivity index is 2.48. The first-order valence-corrected chi connectivity index (χ1v) is 7.53. The molecule has 0 bridgehead atoms. The molecule has 5 heteroatoms. The average molecular weight is 298 g/mol. The molecule has 0 N–H and O–H groups in total. The second-order valence-electron chi connectivity index (χ2n) is 5.66.